The molecule has 0 aromatic heterocycles. The average molecular weight is 491 g/mol. The van der Waals surface area contributed by atoms with E-state index in [-0.39, 0.29) is 24.1 Å². The van der Waals surface area contributed by atoms with Crippen LogP contribution in [0.25, 0.3) is 0 Å². The summed E-state index contributed by atoms with van der Waals surface area (Å²) in [6, 6.07) is 4.27. The Labute approximate surface area is 202 Å². The highest BCUT2D eigenvalue weighted by Crippen LogP contribution is 2.35. The zero-order valence-corrected chi connectivity index (χ0v) is 21.0. The molecule has 2 atom stereocenters. The summed E-state index contributed by atoms with van der Waals surface area (Å²) in [6.45, 7) is 9.91. The van der Waals surface area contributed by atoms with Crippen LogP contribution >= 0.6 is 0 Å². The summed E-state index contributed by atoms with van der Waals surface area (Å²) in [6.07, 6.45) is 8.94. The molecule has 0 bridgehead atoms. The Hall–Kier alpha value is -2.29. The van der Waals surface area contributed by atoms with Crippen LogP contribution in [0.15, 0.2) is 54.7 Å². The number of hydrogen-bond donors (Lipinski definition) is 1. The van der Waals surface area contributed by atoms with Gasteiger partial charge in [0.2, 0.25) is 15.9 Å². The van der Waals surface area contributed by atoms with Crippen molar-refractivity contribution in [3.63, 3.8) is 0 Å². The molecular weight excluding hydrogens is 455 g/mol. The number of carbonyl (C=O) groups is 1. The van der Waals surface area contributed by atoms with Gasteiger partial charge in [0.05, 0.1) is 5.60 Å². The van der Waals surface area contributed by atoms with Crippen molar-refractivity contribution >= 4 is 15.9 Å². The number of aliphatic hydroxyl groups is 1. The summed E-state index contributed by atoms with van der Waals surface area (Å²) in [5, 5.41) is 10.3. The van der Waals surface area contributed by atoms with Crippen LogP contribution in [0.4, 0.5) is 4.39 Å². The molecule has 186 valence electrons. The first-order chi connectivity index (χ1) is 16.0. The van der Waals surface area contributed by atoms with Crippen LogP contribution in [0.5, 0.6) is 0 Å². The van der Waals surface area contributed by atoms with Crippen LogP contribution in [0.2, 0.25) is 0 Å². The quantitative estimate of drug-likeness (QED) is 0.611. The third-order valence-corrected chi connectivity index (χ3v) is 9.40. The van der Waals surface area contributed by atoms with Gasteiger partial charge in [0.1, 0.15) is 11.1 Å². The molecule has 1 amide bonds. The van der Waals surface area contributed by atoms with Crippen molar-refractivity contribution < 1.29 is 22.7 Å². The predicted molar refractivity (Wildman–Crippen MR) is 132 cm³/mol. The molecule has 3 rings (SSSR count). The fourth-order valence-corrected chi connectivity index (χ4v) is 6.88. The fourth-order valence-electron chi connectivity index (χ4n) is 4.73. The number of hydrogen-bond acceptors (Lipinski definition) is 4. The molecule has 2 saturated heterocycles. The molecule has 8 heteroatoms. The number of piperidine rings is 1. The summed E-state index contributed by atoms with van der Waals surface area (Å²) in [5.74, 6) is -0.588. The van der Waals surface area contributed by atoms with Gasteiger partial charge in [-0.3, -0.25) is 4.79 Å². The number of sulfonamides is 1. The van der Waals surface area contributed by atoms with Gasteiger partial charge in [-0.05, 0) is 56.7 Å². The van der Waals surface area contributed by atoms with Crippen molar-refractivity contribution in [1.82, 2.24) is 9.21 Å². The summed E-state index contributed by atoms with van der Waals surface area (Å²) in [4.78, 5) is 13.2. The molecule has 2 aliphatic heterocycles. The number of amides is 1. The number of likely N-dealkylation sites (tertiary alicyclic amines) is 1. The van der Waals surface area contributed by atoms with Gasteiger partial charge >= 0.3 is 0 Å². The van der Waals surface area contributed by atoms with E-state index in [4.69, 9.17) is 0 Å². The Balaban J connectivity index is 1.79. The molecular formula is C26H35FN2O4S. The average Bonchev–Trinajstić information content (AvgIpc) is 2.77. The Morgan fingerprint density at radius 2 is 1.94 bits per heavy atom. The van der Waals surface area contributed by atoms with Crippen molar-refractivity contribution in [1.29, 1.82) is 0 Å². The number of allylic oxidation sites excluding steroid dienone is 4. The largest absolute Gasteiger partial charge is 0.385 e. The van der Waals surface area contributed by atoms with Crippen LogP contribution in [0.1, 0.15) is 57.6 Å². The molecule has 0 unspecified atom stereocenters. The first kappa shape index (κ1) is 26.3. The lowest BCUT2D eigenvalue weighted by Crippen LogP contribution is -2.48. The first-order valence-electron chi connectivity index (χ1n) is 11.7. The van der Waals surface area contributed by atoms with Crippen molar-refractivity contribution in [2.24, 2.45) is 0 Å². The Morgan fingerprint density at radius 1 is 1.26 bits per heavy atom. The zero-order chi connectivity index (χ0) is 25.1. The standard InChI is InChI=1S/C26H35FN2O4S/c1-5-6-7-8-19(2)25-12-9-20(3)29(34(25,32)33)18-22-10-11-23(17-24(22)27)26(31)13-15-28(16-14-26)21(4)30/h5-8,10-11,17,20,25,31H,2,9,12-16,18H2,1,3-4H3/b6-5-,8-7-/t20-,25+/m0/s1. The van der Waals surface area contributed by atoms with Crippen LogP contribution in [0, 0.1) is 5.82 Å². The van der Waals surface area contributed by atoms with Gasteiger partial charge in [-0.2, -0.15) is 4.31 Å². The third kappa shape index (κ3) is 5.50. The number of nitrogens with zero attached hydrogens (tertiary/aromatic N) is 2. The highest BCUT2D eigenvalue weighted by Gasteiger charge is 2.41. The topological polar surface area (TPSA) is 77.9 Å². The normalized spacial score (nSPS) is 25.1. The monoisotopic (exact) mass is 490 g/mol. The molecule has 0 aliphatic carbocycles. The number of halogens is 1. The molecule has 1 N–H and O–H groups in total. The van der Waals surface area contributed by atoms with Crippen LogP contribution in [-0.2, 0) is 27.0 Å². The summed E-state index contributed by atoms with van der Waals surface area (Å²) in [5.41, 5.74) is 0.0225. The Morgan fingerprint density at radius 3 is 2.53 bits per heavy atom. The molecule has 34 heavy (non-hydrogen) atoms. The number of carbonyl (C=O) groups excluding carboxylic acids is 1. The van der Waals surface area contributed by atoms with E-state index in [1.807, 2.05) is 26.0 Å². The Kier molecular flexibility index (Phi) is 8.16. The second-order valence-corrected chi connectivity index (χ2v) is 11.4. The molecule has 2 aliphatic rings. The van der Waals surface area contributed by atoms with E-state index in [0.717, 1.165) is 0 Å². The predicted octanol–water partition coefficient (Wildman–Crippen LogP) is 4.03. The third-order valence-electron chi connectivity index (χ3n) is 7.00. The van der Waals surface area contributed by atoms with E-state index in [2.05, 4.69) is 6.58 Å². The minimum Gasteiger partial charge on any atom is -0.385 e. The minimum absolute atomic E-state index is 0.0428. The van der Waals surface area contributed by atoms with Gasteiger partial charge in [-0.15, -0.1) is 0 Å². The summed E-state index contributed by atoms with van der Waals surface area (Å²) >= 11 is 0. The van der Waals surface area contributed by atoms with Gasteiger partial charge in [0.15, 0.2) is 0 Å². The van der Waals surface area contributed by atoms with E-state index in [9.17, 15) is 18.3 Å². The van der Waals surface area contributed by atoms with E-state index in [1.165, 1.54) is 17.3 Å². The molecule has 0 radical (unpaired) electrons. The minimum atomic E-state index is -3.72. The lowest BCUT2D eigenvalue weighted by Gasteiger charge is -2.39. The van der Waals surface area contributed by atoms with Crippen molar-refractivity contribution in [3.8, 4) is 0 Å². The molecule has 0 spiro atoms. The van der Waals surface area contributed by atoms with Gasteiger partial charge in [-0.1, -0.05) is 43.0 Å². The molecule has 1 aromatic rings. The number of rotatable bonds is 6. The van der Waals surface area contributed by atoms with Gasteiger partial charge in [-0.25, -0.2) is 12.8 Å². The summed E-state index contributed by atoms with van der Waals surface area (Å²) in [7, 11) is -3.72. The highest BCUT2D eigenvalue weighted by molar-refractivity contribution is 7.90. The van der Waals surface area contributed by atoms with Gasteiger partial charge in [0, 0.05) is 38.2 Å². The molecule has 2 heterocycles. The van der Waals surface area contributed by atoms with E-state index < -0.39 is 26.7 Å². The highest BCUT2D eigenvalue weighted by atomic mass is 32.2. The van der Waals surface area contributed by atoms with Crippen molar-refractivity contribution in [2.45, 2.75) is 69.9 Å². The van der Waals surface area contributed by atoms with E-state index in [0.29, 0.717) is 49.9 Å². The molecule has 0 saturated carbocycles. The smallest absolute Gasteiger partial charge is 0.221 e. The fraction of sp³-hybridized carbons (Fsp3) is 0.500. The molecule has 6 nitrogen and oxygen atoms in total. The van der Waals surface area contributed by atoms with Crippen LogP contribution < -0.4 is 0 Å². The van der Waals surface area contributed by atoms with Crippen LogP contribution in [0.3, 0.4) is 0 Å². The second kappa shape index (κ2) is 10.5. The van der Waals surface area contributed by atoms with E-state index in [1.54, 1.807) is 29.2 Å². The molecule has 1 aromatic carbocycles. The lowest BCUT2D eigenvalue weighted by atomic mass is 9.84. The Bertz CT molecular complexity index is 1090. The SMILES string of the molecule is C=C(/C=C\C=C/C)[C@H]1CC[C@H](C)N(Cc2ccc(C3(O)CCN(C(C)=O)CC3)cc2F)S1(=O)=O. The maximum absolute atomic E-state index is 15.1. The van der Waals surface area contributed by atoms with Crippen molar-refractivity contribution in [3.05, 3.63) is 71.6 Å². The maximum Gasteiger partial charge on any atom is 0.221 e. The van der Waals surface area contributed by atoms with Crippen LogP contribution in [-0.4, -0.2) is 53.0 Å². The number of benzene rings is 1. The first-order valence-corrected chi connectivity index (χ1v) is 13.3. The van der Waals surface area contributed by atoms with Crippen molar-refractivity contribution in [2.75, 3.05) is 13.1 Å². The second-order valence-electron chi connectivity index (χ2n) is 9.31. The zero-order valence-electron chi connectivity index (χ0n) is 20.2. The maximum atomic E-state index is 15.1. The lowest BCUT2D eigenvalue weighted by molar-refractivity contribution is -0.133. The molecule has 2 fully saturated rings. The van der Waals surface area contributed by atoms with Gasteiger partial charge < -0.3 is 10.0 Å². The summed E-state index contributed by atoms with van der Waals surface area (Å²) < 4.78 is 43.3. The van der Waals surface area contributed by atoms with Gasteiger partial charge in [0.25, 0.3) is 0 Å². The van der Waals surface area contributed by atoms with E-state index >= 15 is 4.39 Å².